The predicted octanol–water partition coefficient (Wildman–Crippen LogP) is 6.12. The van der Waals surface area contributed by atoms with Crippen LogP contribution in [0.15, 0.2) is 48.5 Å². The zero-order chi connectivity index (χ0) is 28.8. The number of aliphatic carboxylic acids is 1. The van der Waals surface area contributed by atoms with Crippen molar-refractivity contribution >= 4 is 45.1 Å². The molecule has 4 atom stereocenters. The van der Waals surface area contributed by atoms with Crippen LogP contribution in [-0.4, -0.2) is 59.5 Å². The summed E-state index contributed by atoms with van der Waals surface area (Å²) in [5.41, 5.74) is 0.658. The second-order valence-corrected chi connectivity index (χ2v) is 14.9. The first-order valence-electron chi connectivity index (χ1n) is 14.0. The second-order valence-electron chi connectivity index (χ2n) is 11.7. The Morgan fingerprint density at radius 1 is 1.07 bits per heavy atom. The Hall–Kier alpha value is -2.13. The van der Waals surface area contributed by atoms with E-state index in [2.05, 4.69) is 0 Å². The zero-order valence-corrected chi connectivity index (χ0v) is 25.1. The van der Waals surface area contributed by atoms with Crippen molar-refractivity contribution in [3.05, 3.63) is 69.7 Å². The Morgan fingerprint density at radius 2 is 1.75 bits per heavy atom. The molecule has 7 nitrogen and oxygen atoms in total. The van der Waals surface area contributed by atoms with E-state index in [1.807, 2.05) is 42.2 Å². The summed E-state index contributed by atoms with van der Waals surface area (Å²) in [6.07, 6.45) is 3.49. The van der Waals surface area contributed by atoms with E-state index in [0.29, 0.717) is 35.7 Å². The van der Waals surface area contributed by atoms with E-state index in [4.69, 9.17) is 23.2 Å². The maximum Gasteiger partial charge on any atom is 0.304 e. The molecule has 5 rings (SSSR count). The Bertz CT molecular complexity index is 1380. The number of nitrogens with zero attached hydrogens (tertiary/aromatic N) is 2. The molecule has 1 saturated heterocycles. The Labute approximate surface area is 246 Å². The molecule has 3 aliphatic rings. The molecule has 1 heterocycles. The van der Waals surface area contributed by atoms with E-state index in [1.165, 1.54) is 4.31 Å². The summed E-state index contributed by atoms with van der Waals surface area (Å²) in [6, 6.07) is 14.1. The molecule has 1 N–H and O–H groups in total. The van der Waals surface area contributed by atoms with Crippen molar-refractivity contribution in [3.63, 3.8) is 0 Å². The van der Waals surface area contributed by atoms with Crippen LogP contribution < -0.4 is 0 Å². The molecule has 0 radical (unpaired) electrons. The summed E-state index contributed by atoms with van der Waals surface area (Å²) in [7, 11) is -1.86. The van der Waals surface area contributed by atoms with Crippen LogP contribution in [0.3, 0.4) is 0 Å². The molecule has 2 aromatic carbocycles. The van der Waals surface area contributed by atoms with Crippen molar-refractivity contribution in [2.75, 3.05) is 13.6 Å². The van der Waals surface area contributed by atoms with E-state index in [1.54, 1.807) is 25.2 Å². The average Bonchev–Trinajstić information content (AvgIpc) is 3.82. The standard InChI is InChI=1S/C30H36Cl2N2O5S/c1-3-30(17-27(35)36)16-25(21-5-4-6-23(32)15-21)28(20-9-11-22(31)12-10-20)34(29(30)37)26(19-7-8-19)18-33(2)40(38,39)24-13-14-24/h4-6,9-12,15,19,24-26,28H,3,7-8,13-14,16-18H2,1-2H3,(H,35,36)/t25-,26?,28-,30-/m1/s1. The van der Waals surface area contributed by atoms with Crippen LogP contribution in [0.1, 0.15) is 75.0 Å². The van der Waals surface area contributed by atoms with Gasteiger partial charge >= 0.3 is 5.97 Å². The fourth-order valence-corrected chi connectivity index (χ4v) is 8.38. The number of hydrogen-bond donors (Lipinski definition) is 1. The van der Waals surface area contributed by atoms with Gasteiger partial charge in [-0.3, -0.25) is 9.59 Å². The number of carbonyl (C=O) groups is 2. The minimum atomic E-state index is -3.47. The monoisotopic (exact) mass is 606 g/mol. The number of likely N-dealkylation sites (tertiary alicyclic amines) is 1. The number of carboxylic acids is 1. The summed E-state index contributed by atoms with van der Waals surface area (Å²) in [5.74, 6) is -1.37. The van der Waals surface area contributed by atoms with Crippen molar-refractivity contribution in [2.24, 2.45) is 11.3 Å². The fourth-order valence-electron chi connectivity index (χ4n) is 6.45. The van der Waals surface area contributed by atoms with E-state index in [-0.39, 0.29) is 36.0 Å². The molecule has 1 unspecified atom stereocenters. The first-order valence-corrected chi connectivity index (χ1v) is 16.2. The van der Waals surface area contributed by atoms with Gasteiger partial charge in [-0.15, -0.1) is 0 Å². The van der Waals surface area contributed by atoms with E-state index < -0.39 is 33.5 Å². The summed E-state index contributed by atoms with van der Waals surface area (Å²) >= 11 is 12.7. The van der Waals surface area contributed by atoms with Gasteiger partial charge in [-0.2, -0.15) is 0 Å². The molecule has 0 bridgehead atoms. The minimum absolute atomic E-state index is 0.132. The van der Waals surface area contributed by atoms with Crippen molar-refractivity contribution in [1.82, 2.24) is 9.21 Å². The van der Waals surface area contributed by atoms with Crippen LogP contribution in [0, 0.1) is 11.3 Å². The summed E-state index contributed by atoms with van der Waals surface area (Å²) < 4.78 is 27.8. The number of carboxylic acid groups (broad SMARTS) is 1. The highest BCUT2D eigenvalue weighted by Gasteiger charge is 2.56. The van der Waals surface area contributed by atoms with Crippen LogP contribution in [-0.2, 0) is 19.6 Å². The molecular weight excluding hydrogens is 571 g/mol. The lowest BCUT2D eigenvalue weighted by atomic mass is 9.64. The largest absolute Gasteiger partial charge is 0.481 e. The minimum Gasteiger partial charge on any atom is -0.481 e. The Kier molecular flexibility index (Phi) is 8.28. The molecule has 0 aromatic heterocycles. The number of sulfonamides is 1. The quantitative estimate of drug-likeness (QED) is 0.332. The third-order valence-electron chi connectivity index (χ3n) is 8.98. The molecule has 1 amide bonds. The van der Waals surface area contributed by atoms with Gasteiger partial charge in [0.15, 0.2) is 0 Å². The number of likely N-dealkylation sites (N-methyl/N-ethyl adjacent to an activating group) is 1. The van der Waals surface area contributed by atoms with Crippen LogP contribution in [0.4, 0.5) is 0 Å². The van der Waals surface area contributed by atoms with Gasteiger partial charge in [0.05, 0.1) is 23.1 Å². The maximum atomic E-state index is 14.7. The first-order chi connectivity index (χ1) is 19.0. The second kappa shape index (κ2) is 11.3. The smallest absolute Gasteiger partial charge is 0.304 e. The van der Waals surface area contributed by atoms with Crippen LogP contribution >= 0.6 is 23.2 Å². The normalized spacial score (nSPS) is 26.2. The third kappa shape index (κ3) is 5.78. The molecule has 10 heteroatoms. The highest BCUT2D eigenvalue weighted by molar-refractivity contribution is 7.90. The summed E-state index contributed by atoms with van der Waals surface area (Å²) in [6.45, 7) is 2.04. The summed E-state index contributed by atoms with van der Waals surface area (Å²) in [4.78, 5) is 28.7. The third-order valence-corrected chi connectivity index (χ3v) is 11.8. The van der Waals surface area contributed by atoms with Crippen molar-refractivity contribution in [3.8, 4) is 0 Å². The highest BCUT2D eigenvalue weighted by atomic mass is 35.5. The van der Waals surface area contributed by atoms with Crippen molar-refractivity contribution in [2.45, 2.75) is 75.1 Å². The van der Waals surface area contributed by atoms with Gasteiger partial charge in [-0.1, -0.05) is 54.4 Å². The number of benzene rings is 2. The summed E-state index contributed by atoms with van der Waals surface area (Å²) in [5, 5.41) is 10.7. The number of amides is 1. The van der Waals surface area contributed by atoms with Gasteiger partial charge in [-0.25, -0.2) is 12.7 Å². The average molecular weight is 608 g/mol. The lowest BCUT2D eigenvalue weighted by Gasteiger charge is -2.53. The fraction of sp³-hybridized carbons (Fsp3) is 0.533. The van der Waals surface area contributed by atoms with Crippen LogP contribution in [0.5, 0.6) is 0 Å². The SMILES string of the molecule is CC[C@]1(CC(=O)O)C[C@H](c2cccc(Cl)c2)[C@@H](c2ccc(Cl)cc2)N(C(CN(C)S(=O)(=O)C2CC2)C2CC2)C1=O. The van der Waals surface area contributed by atoms with Crippen LogP contribution in [0.25, 0.3) is 0 Å². The van der Waals surface area contributed by atoms with Crippen molar-refractivity contribution < 1.29 is 23.1 Å². The molecule has 1 aliphatic heterocycles. The number of rotatable bonds is 11. The molecule has 2 aromatic rings. The first kappa shape index (κ1) is 29.4. The molecule has 2 saturated carbocycles. The van der Waals surface area contributed by atoms with E-state index >= 15 is 0 Å². The lowest BCUT2D eigenvalue weighted by molar-refractivity contribution is -0.163. The van der Waals surface area contributed by atoms with Crippen LogP contribution in [0.2, 0.25) is 10.0 Å². The van der Waals surface area contributed by atoms with Gasteiger partial charge < -0.3 is 10.0 Å². The maximum absolute atomic E-state index is 14.7. The number of hydrogen-bond acceptors (Lipinski definition) is 4. The van der Waals surface area contributed by atoms with E-state index in [9.17, 15) is 23.1 Å². The number of halogens is 2. The van der Waals surface area contributed by atoms with Gasteiger partial charge in [0.2, 0.25) is 15.9 Å². The van der Waals surface area contributed by atoms with Gasteiger partial charge in [0, 0.05) is 35.6 Å². The molecule has 40 heavy (non-hydrogen) atoms. The Morgan fingerprint density at radius 3 is 2.30 bits per heavy atom. The topological polar surface area (TPSA) is 95.0 Å². The van der Waals surface area contributed by atoms with Crippen molar-refractivity contribution in [1.29, 1.82) is 0 Å². The lowest BCUT2D eigenvalue weighted by Crippen LogP contribution is -2.59. The van der Waals surface area contributed by atoms with E-state index in [0.717, 1.165) is 24.0 Å². The van der Waals surface area contributed by atoms with Gasteiger partial charge in [0.25, 0.3) is 0 Å². The molecule has 2 aliphatic carbocycles. The number of piperidine rings is 1. The predicted molar refractivity (Wildman–Crippen MR) is 156 cm³/mol. The van der Waals surface area contributed by atoms with Gasteiger partial charge in [0.1, 0.15) is 0 Å². The molecule has 0 spiro atoms. The molecule has 216 valence electrons. The zero-order valence-electron chi connectivity index (χ0n) is 22.8. The molecular formula is C30H36Cl2N2O5S. The Balaban J connectivity index is 1.67. The van der Waals surface area contributed by atoms with Gasteiger partial charge in [-0.05, 0) is 79.8 Å². The highest BCUT2D eigenvalue weighted by Crippen LogP contribution is 2.55. The molecule has 3 fully saturated rings. The number of carbonyl (C=O) groups excluding carboxylic acids is 1.